The molecule has 1 fully saturated rings. The molecule has 2 aromatic rings. The summed E-state index contributed by atoms with van der Waals surface area (Å²) in [4.78, 5) is 22.7. The normalized spacial score (nSPS) is 22.9. The fraction of sp³-hybridized carbons (Fsp3) is 0.353. The van der Waals surface area contributed by atoms with Gasteiger partial charge in [0.2, 0.25) is 0 Å². The zero-order valence-corrected chi connectivity index (χ0v) is 11.5. The quantitative estimate of drug-likeness (QED) is 0.740. The highest BCUT2D eigenvalue weighted by Gasteiger charge is 2.28. The van der Waals surface area contributed by atoms with Gasteiger partial charge in [0.15, 0.2) is 0 Å². The average molecular weight is 267 g/mol. The van der Waals surface area contributed by atoms with E-state index in [0.717, 1.165) is 22.8 Å². The Morgan fingerprint density at radius 1 is 1.20 bits per heavy atom. The lowest BCUT2D eigenvalue weighted by Gasteiger charge is -2.29. The number of hydrogen-bond acceptors (Lipinski definition) is 3. The summed E-state index contributed by atoms with van der Waals surface area (Å²) in [6.45, 7) is 2.19. The van der Waals surface area contributed by atoms with E-state index in [1.54, 1.807) is 6.07 Å². The highest BCUT2D eigenvalue weighted by atomic mass is 16.3. The molecule has 0 aliphatic heterocycles. The summed E-state index contributed by atoms with van der Waals surface area (Å²) in [5, 5.41) is 5.23. The minimum Gasteiger partial charge on any atom is -0.300 e. The molecule has 3 nitrogen and oxygen atoms in total. The predicted molar refractivity (Wildman–Crippen MR) is 80.2 cm³/mol. The van der Waals surface area contributed by atoms with Crippen molar-refractivity contribution in [2.45, 2.75) is 32.1 Å². The largest absolute Gasteiger partial charge is 0.300 e. The maximum atomic E-state index is 11.8. The van der Waals surface area contributed by atoms with E-state index in [1.165, 1.54) is 0 Å². The Balaban J connectivity index is 2.18. The van der Waals surface area contributed by atoms with Gasteiger partial charge in [0.25, 0.3) is 0 Å². The first-order valence-corrected chi connectivity index (χ1v) is 7.07. The van der Waals surface area contributed by atoms with Crippen LogP contribution in [-0.4, -0.2) is 5.78 Å². The predicted octanol–water partition coefficient (Wildman–Crippen LogP) is 4.71. The Kier molecular flexibility index (Phi) is 3.35. The number of rotatable bonds is 2. The van der Waals surface area contributed by atoms with Gasteiger partial charge >= 0.3 is 0 Å². The summed E-state index contributed by atoms with van der Waals surface area (Å²) < 4.78 is 0. The topological polar surface area (TPSA) is 46.5 Å². The molecule has 0 amide bonds. The van der Waals surface area contributed by atoms with Crippen molar-refractivity contribution in [1.82, 2.24) is 0 Å². The van der Waals surface area contributed by atoms with Gasteiger partial charge in [-0.2, -0.15) is 0 Å². The van der Waals surface area contributed by atoms with Crippen molar-refractivity contribution in [3.63, 3.8) is 0 Å². The van der Waals surface area contributed by atoms with E-state index in [9.17, 15) is 9.70 Å². The number of ketones is 1. The molecule has 1 aliphatic rings. The van der Waals surface area contributed by atoms with Gasteiger partial charge in [0.1, 0.15) is 11.5 Å². The second kappa shape index (κ2) is 5.16. The molecule has 0 saturated heterocycles. The number of hydrogen-bond donors (Lipinski definition) is 0. The van der Waals surface area contributed by atoms with Crippen LogP contribution in [0.1, 0.15) is 37.7 Å². The van der Waals surface area contributed by atoms with E-state index in [1.807, 2.05) is 24.3 Å². The molecule has 0 radical (unpaired) electrons. The van der Waals surface area contributed by atoms with E-state index >= 15 is 0 Å². The van der Waals surface area contributed by atoms with Gasteiger partial charge in [-0.3, -0.25) is 4.79 Å². The van der Waals surface area contributed by atoms with Crippen molar-refractivity contribution in [1.29, 1.82) is 0 Å². The second-order valence-corrected chi connectivity index (χ2v) is 5.71. The summed E-state index contributed by atoms with van der Waals surface area (Å²) in [5.41, 5.74) is 1.54. The first-order valence-electron chi connectivity index (χ1n) is 7.07. The van der Waals surface area contributed by atoms with Gasteiger partial charge in [-0.1, -0.05) is 31.2 Å². The van der Waals surface area contributed by atoms with Gasteiger partial charge in [-0.15, -0.1) is 4.91 Å². The first kappa shape index (κ1) is 13.0. The van der Waals surface area contributed by atoms with Crippen LogP contribution in [0.4, 0.5) is 5.69 Å². The monoisotopic (exact) mass is 267 g/mol. The van der Waals surface area contributed by atoms with Gasteiger partial charge in [0.05, 0.1) is 0 Å². The third kappa shape index (κ3) is 2.24. The van der Waals surface area contributed by atoms with Crippen molar-refractivity contribution < 1.29 is 4.79 Å². The summed E-state index contributed by atoms with van der Waals surface area (Å²) in [7, 11) is 0. The van der Waals surface area contributed by atoms with Gasteiger partial charge in [-0.05, 0) is 51.9 Å². The van der Waals surface area contributed by atoms with Crippen molar-refractivity contribution in [3.8, 4) is 0 Å². The molecule has 1 aliphatic carbocycles. The zero-order valence-electron chi connectivity index (χ0n) is 11.5. The molecule has 0 heterocycles. The Morgan fingerprint density at radius 2 is 2.00 bits per heavy atom. The van der Waals surface area contributed by atoms with Crippen LogP contribution in [0.3, 0.4) is 0 Å². The summed E-state index contributed by atoms with van der Waals surface area (Å²) in [6.07, 6.45) is 2.19. The molecule has 0 spiro atoms. The van der Waals surface area contributed by atoms with E-state index in [-0.39, 0.29) is 5.92 Å². The lowest BCUT2D eigenvalue weighted by atomic mass is 9.74. The Labute approximate surface area is 118 Å². The standard InChI is InChI=1S/C17H17NO2/c1-11-6-7-14(19)10-16(11)17-9-13(18-20)8-12-4-2-3-5-15(12)17/h2-5,8-9,11,16H,6-7,10H2,1H3. The average Bonchev–Trinajstić information content (AvgIpc) is 2.48. The highest BCUT2D eigenvalue weighted by Crippen LogP contribution is 2.40. The minimum atomic E-state index is 0.197. The lowest BCUT2D eigenvalue weighted by molar-refractivity contribution is -0.121. The molecule has 1 saturated carbocycles. The SMILES string of the molecule is CC1CCC(=O)CC1c1cc(N=O)cc2ccccc12. The van der Waals surface area contributed by atoms with Gasteiger partial charge in [0, 0.05) is 12.8 Å². The molecule has 0 bridgehead atoms. The molecule has 3 heteroatoms. The maximum absolute atomic E-state index is 11.8. The molecule has 0 aromatic heterocycles. The second-order valence-electron chi connectivity index (χ2n) is 5.71. The number of nitrogens with zero attached hydrogens (tertiary/aromatic N) is 1. The maximum Gasteiger partial charge on any atom is 0.133 e. The number of benzene rings is 2. The molecular weight excluding hydrogens is 250 g/mol. The van der Waals surface area contributed by atoms with Crippen molar-refractivity contribution >= 4 is 22.2 Å². The zero-order chi connectivity index (χ0) is 14.1. The van der Waals surface area contributed by atoms with E-state index < -0.39 is 0 Å². The van der Waals surface area contributed by atoms with Crippen LogP contribution >= 0.6 is 0 Å². The molecule has 0 N–H and O–H groups in total. The van der Waals surface area contributed by atoms with E-state index in [2.05, 4.69) is 18.2 Å². The summed E-state index contributed by atoms with van der Waals surface area (Å²) >= 11 is 0. The Bertz CT molecular complexity index is 678. The molecule has 2 aromatic carbocycles. The number of Topliss-reactive ketones (excluding diaryl/α,β-unsaturated/α-hetero) is 1. The highest BCUT2D eigenvalue weighted by molar-refractivity contribution is 5.90. The molecule has 2 unspecified atom stereocenters. The van der Waals surface area contributed by atoms with Crippen LogP contribution in [0.25, 0.3) is 10.8 Å². The number of carbonyl (C=O) groups excluding carboxylic acids is 1. The molecule has 20 heavy (non-hydrogen) atoms. The molecule has 3 rings (SSSR count). The third-order valence-corrected chi connectivity index (χ3v) is 4.40. The van der Waals surface area contributed by atoms with Crippen LogP contribution in [0.2, 0.25) is 0 Å². The van der Waals surface area contributed by atoms with Crippen molar-refractivity contribution in [2.24, 2.45) is 11.1 Å². The minimum absolute atomic E-state index is 0.197. The van der Waals surface area contributed by atoms with Crippen LogP contribution < -0.4 is 0 Å². The van der Waals surface area contributed by atoms with Crippen LogP contribution in [0.5, 0.6) is 0 Å². The van der Waals surface area contributed by atoms with Crippen LogP contribution in [0, 0.1) is 10.8 Å². The molecule has 102 valence electrons. The van der Waals surface area contributed by atoms with Crippen LogP contribution in [0.15, 0.2) is 41.6 Å². The fourth-order valence-electron chi connectivity index (χ4n) is 3.24. The van der Waals surface area contributed by atoms with E-state index in [4.69, 9.17) is 0 Å². The molecular formula is C17H17NO2. The van der Waals surface area contributed by atoms with Gasteiger partial charge < -0.3 is 0 Å². The first-order chi connectivity index (χ1) is 9.69. The van der Waals surface area contributed by atoms with E-state index in [0.29, 0.717) is 30.2 Å². The number of carbonyl (C=O) groups is 1. The Hall–Kier alpha value is -2.03. The fourth-order valence-corrected chi connectivity index (χ4v) is 3.24. The Morgan fingerprint density at radius 3 is 2.80 bits per heavy atom. The van der Waals surface area contributed by atoms with Crippen molar-refractivity contribution in [3.05, 3.63) is 46.9 Å². The number of nitroso groups, excluding NO2 is 1. The van der Waals surface area contributed by atoms with Crippen molar-refractivity contribution in [2.75, 3.05) is 0 Å². The lowest BCUT2D eigenvalue weighted by Crippen LogP contribution is -2.21. The molecule has 2 atom stereocenters. The van der Waals surface area contributed by atoms with Gasteiger partial charge in [-0.25, -0.2) is 0 Å². The smallest absolute Gasteiger partial charge is 0.133 e. The third-order valence-electron chi connectivity index (χ3n) is 4.40. The van der Waals surface area contributed by atoms with Crippen LogP contribution in [-0.2, 0) is 4.79 Å². The summed E-state index contributed by atoms with van der Waals surface area (Å²) in [6, 6.07) is 11.7. The number of fused-ring (bicyclic) bond motifs is 1. The summed E-state index contributed by atoms with van der Waals surface area (Å²) in [5.74, 6) is 0.975.